The Bertz CT molecular complexity index is 532. The number of carbonyl (C=O) groups excluding carboxylic acids is 1. The smallest absolute Gasteiger partial charge is 0.255 e. The van der Waals surface area contributed by atoms with Crippen molar-refractivity contribution in [2.45, 2.75) is 31.7 Å². The van der Waals surface area contributed by atoms with Crippen LogP contribution in [0, 0.1) is 0 Å². The van der Waals surface area contributed by atoms with Crippen LogP contribution in [0.5, 0.6) is 0 Å². The van der Waals surface area contributed by atoms with E-state index in [2.05, 4.69) is 15.9 Å². The van der Waals surface area contributed by atoms with E-state index < -0.39 is 0 Å². The molecule has 0 aromatic heterocycles. The minimum absolute atomic E-state index is 0.0703. The van der Waals surface area contributed by atoms with Gasteiger partial charge in [-0.15, -0.1) is 0 Å². The normalized spacial score (nSPS) is 15.3. The summed E-state index contributed by atoms with van der Waals surface area (Å²) in [6, 6.07) is 5.42. The van der Waals surface area contributed by atoms with E-state index in [9.17, 15) is 4.79 Å². The maximum absolute atomic E-state index is 12.8. The summed E-state index contributed by atoms with van der Waals surface area (Å²) in [7, 11) is 0. The summed E-state index contributed by atoms with van der Waals surface area (Å²) >= 11 is 14.4. The van der Waals surface area contributed by atoms with Gasteiger partial charge in [-0.05, 0) is 47.0 Å². The minimum Gasteiger partial charge on any atom is -0.392 e. The summed E-state index contributed by atoms with van der Waals surface area (Å²) in [5.74, 6) is -0.0703. The van der Waals surface area contributed by atoms with Gasteiger partial charge in [0.2, 0.25) is 0 Å². The van der Waals surface area contributed by atoms with Crippen molar-refractivity contribution in [3.05, 3.63) is 33.3 Å². The highest BCUT2D eigenvalue weighted by atomic mass is 79.9. The zero-order valence-electron chi connectivity index (χ0n) is 10.9. The third kappa shape index (κ3) is 3.71. The second-order valence-electron chi connectivity index (χ2n) is 4.96. The van der Waals surface area contributed by atoms with E-state index in [-0.39, 0.29) is 11.9 Å². The second kappa shape index (κ2) is 6.87. The van der Waals surface area contributed by atoms with Crippen LogP contribution in [0.4, 0.5) is 0 Å². The lowest BCUT2D eigenvalue weighted by Crippen LogP contribution is -2.43. The lowest BCUT2D eigenvalue weighted by atomic mass is 10.1. The minimum atomic E-state index is -0.0703. The average molecular weight is 376 g/mol. The van der Waals surface area contributed by atoms with E-state index in [0.717, 1.165) is 30.2 Å². The van der Waals surface area contributed by atoms with Crippen LogP contribution in [0.2, 0.25) is 5.02 Å². The topological polar surface area (TPSA) is 46.3 Å². The van der Waals surface area contributed by atoms with Gasteiger partial charge in [0, 0.05) is 15.5 Å². The van der Waals surface area contributed by atoms with Gasteiger partial charge in [0.1, 0.15) is 0 Å². The lowest BCUT2D eigenvalue weighted by Gasteiger charge is -2.29. The SMILES string of the molecule is NC(=S)CN(C(=O)c1cc(Cl)ccc1Br)C1CCCC1. The van der Waals surface area contributed by atoms with Crippen molar-refractivity contribution < 1.29 is 4.79 Å². The zero-order chi connectivity index (χ0) is 14.7. The first-order chi connectivity index (χ1) is 9.49. The number of carbonyl (C=O) groups is 1. The van der Waals surface area contributed by atoms with E-state index >= 15 is 0 Å². The van der Waals surface area contributed by atoms with E-state index in [4.69, 9.17) is 29.6 Å². The van der Waals surface area contributed by atoms with Crippen LogP contribution < -0.4 is 5.73 Å². The number of benzene rings is 1. The van der Waals surface area contributed by atoms with Crippen LogP contribution in [0.3, 0.4) is 0 Å². The van der Waals surface area contributed by atoms with Crippen molar-refractivity contribution in [2.75, 3.05) is 6.54 Å². The Morgan fingerprint density at radius 1 is 1.45 bits per heavy atom. The number of nitrogens with two attached hydrogens (primary N) is 1. The van der Waals surface area contributed by atoms with Gasteiger partial charge in [-0.2, -0.15) is 0 Å². The number of thiocarbonyl (C=S) groups is 1. The van der Waals surface area contributed by atoms with Crippen LogP contribution in [0.15, 0.2) is 22.7 Å². The molecule has 2 rings (SSSR count). The molecule has 1 aliphatic rings. The molecule has 3 nitrogen and oxygen atoms in total. The van der Waals surface area contributed by atoms with Crippen LogP contribution >= 0.6 is 39.7 Å². The molecule has 2 N–H and O–H groups in total. The highest BCUT2D eigenvalue weighted by molar-refractivity contribution is 9.10. The fourth-order valence-electron chi connectivity index (χ4n) is 2.57. The highest BCUT2D eigenvalue weighted by Crippen LogP contribution is 2.28. The summed E-state index contributed by atoms with van der Waals surface area (Å²) in [6.07, 6.45) is 4.30. The van der Waals surface area contributed by atoms with Gasteiger partial charge in [0.05, 0.1) is 17.1 Å². The number of hydrogen-bond donors (Lipinski definition) is 1. The third-order valence-corrected chi connectivity index (χ3v) is 4.57. The van der Waals surface area contributed by atoms with Crippen molar-refractivity contribution in [1.29, 1.82) is 0 Å². The van der Waals surface area contributed by atoms with Crippen molar-refractivity contribution in [3.8, 4) is 0 Å². The van der Waals surface area contributed by atoms with Gasteiger partial charge < -0.3 is 10.6 Å². The Morgan fingerprint density at radius 2 is 2.10 bits per heavy atom. The zero-order valence-corrected chi connectivity index (χ0v) is 14.1. The van der Waals surface area contributed by atoms with Crippen LogP contribution in [0.1, 0.15) is 36.0 Å². The third-order valence-electron chi connectivity index (χ3n) is 3.51. The molecule has 0 heterocycles. The van der Waals surface area contributed by atoms with Crippen molar-refractivity contribution in [1.82, 2.24) is 4.90 Å². The van der Waals surface area contributed by atoms with E-state index in [1.165, 1.54) is 0 Å². The van der Waals surface area contributed by atoms with Gasteiger partial charge in [-0.25, -0.2) is 0 Å². The standard InChI is InChI=1S/C14H16BrClN2OS/c15-12-6-5-9(16)7-11(12)14(19)18(8-13(17)20)10-3-1-2-4-10/h5-7,10H,1-4,8H2,(H2,17,20). The molecule has 1 fully saturated rings. The fraction of sp³-hybridized carbons (Fsp3) is 0.429. The van der Waals surface area contributed by atoms with Crippen molar-refractivity contribution >= 4 is 50.6 Å². The maximum atomic E-state index is 12.8. The first-order valence-corrected chi connectivity index (χ1v) is 8.11. The molecule has 0 atom stereocenters. The molecule has 20 heavy (non-hydrogen) atoms. The number of nitrogens with zero attached hydrogens (tertiary/aromatic N) is 1. The highest BCUT2D eigenvalue weighted by Gasteiger charge is 2.28. The predicted molar refractivity (Wildman–Crippen MR) is 89.2 cm³/mol. The molecule has 6 heteroatoms. The monoisotopic (exact) mass is 374 g/mol. The molecular formula is C14H16BrClN2OS. The lowest BCUT2D eigenvalue weighted by molar-refractivity contribution is 0.0713. The Morgan fingerprint density at radius 3 is 2.70 bits per heavy atom. The molecule has 1 amide bonds. The molecule has 1 saturated carbocycles. The van der Waals surface area contributed by atoms with Gasteiger partial charge in [0.25, 0.3) is 5.91 Å². The molecule has 1 aromatic carbocycles. The molecule has 0 radical (unpaired) electrons. The van der Waals surface area contributed by atoms with Crippen molar-refractivity contribution in [2.24, 2.45) is 5.73 Å². The number of halogens is 2. The van der Waals surface area contributed by atoms with Crippen LogP contribution in [0.25, 0.3) is 0 Å². The summed E-state index contributed by atoms with van der Waals surface area (Å²) in [5.41, 5.74) is 6.20. The summed E-state index contributed by atoms with van der Waals surface area (Å²) in [6.45, 7) is 0.317. The molecule has 1 aromatic rings. The van der Waals surface area contributed by atoms with E-state index in [1.54, 1.807) is 23.1 Å². The molecule has 0 unspecified atom stereocenters. The summed E-state index contributed by atoms with van der Waals surface area (Å²) in [5, 5.41) is 0.540. The Labute approximate surface area is 137 Å². The van der Waals surface area contributed by atoms with Gasteiger partial charge in [-0.3, -0.25) is 4.79 Å². The Kier molecular flexibility index (Phi) is 5.41. The van der Waals surface area contributed by atoms with Crippen LogP contribution in [-0.2, 0) is 0 Å². The molecular weight excluding hydrogens is 360 g/mol. The fourth-order valence-corrected chi connectivity index (χ4v) is 3.29. The molecule has 0 saturated heterocycles. The average Bonchev–Trinajstić information content (AvgIpc) is 2.91. The molecule has 1 aliphatic carbocycles. The molecule has 108 valence electrons. The molecule has 0 spiro atoms. The van der Waals surface area contributed by atoms with Crippen molar-refractivity contribution in [3.63, 3.8) is 0 Å². The Balaban J connectivity index is 2.29. The van der Waals surface area contributed by atoms with E-state index in [0.29, 0.717) is 22.1 Å². The second-order valence-corrected chi connectivity index (χ2v) is 6.78. The molecule has 0 bridgehead atoms. The summed E-state index contributed by atoms with van der Waals surface area (Å²) in [4.78, 5) is 14.9. The maximum Gasteiger partial charge on any atom is 0.255 e. The van der Waals surface area contributed by atoms with E-state index in [1.807, 2.05) is 0 Å². The largest absolute Gasteiger partial charge is 0.392 e. The first-order valence-electron chi connectivity index (χ1n) is 6.53. The number of amides is 1. The molecule has 0 aliphatic heterocycles. The number of rotatable bonds is 4. The first kappa shape index (κ1) is 15.7. The van der Waals surface area contributed by atoms with Gasteiger partial charge >= 0.3 is 0 Å². The Hall–Kier alpha value is -0.650. The predicted octanol–water partition coefficient (Wildman–Crippen LogP) is 3.77. The van der Waals surface area contributed by atoms with Gasteiger partial charge in [0.15, 0.2) is 0 Å². The number of hydrogen-bond acceptors (Lipinski definition) is 2. The summed E-state index contributed by atoms with van der Waals surface area (Å²) < 4.78 is 0.734. The quantitative estimate of drug-likeness (QED) is 0.815. The van der Waals surface area contributed by atoms with Crippen LogP contribution in [-0.4, -0.2) is 28.4 Å². The van der Waals surface area contributed by atoms with Gasteiger partial charge in [-0.1, -0.05) is 36.7 Å².